The second kappa shape index (κ2) is 6.73. The lowest BCUT2D eigenvalue weighted by Gasteiger charge is -2.31. The van der Waals surface area contributed by atoms with Crippen LogP contribution in [0.4, 0.5) is 0 Å². The van der Waals surface area contributed by atoms with E-state index in [2.05, 4.69) is 17.4 Å². The van der Waals surface area contributed by atoms with Crippen LogP contribution in [-0.2, 0) is 4.74 Å². The molecule has 1 aromatic rings. The van der Waals surface area contributed by atoms with Crippen LogP contribution in [0.3, 0.4) is 0 Å². The summed E-state index contributed by atoms with van der Waals surface area (Å²) >= 11 is 12.2. The van der Waals surface area contributed by atoms with Crippen molar-refractivity contribution in [2.75, 3.05) is 26.3 Å². The van der Waals surface area contributed by atoms with Crippen LogP contribution < -0.4 is 5.43 Å². The van der Waals surface area contributed by atoms with Gasteiger partial charge >= 0.3 is 0 Å². The normalized spacial score (nSPS) is 18.8. The lowest BCUT2D eigenvalue weighted by Crippen LogP contribution is -2.47. The number of nitrogens with zero attached hydrogens (tertiary/aromatic N) is 1. The molecule has 0 radical (unpaired) electrons. The first-order chi connectivity index (χ1) is 8.70. The van der Waals surface area contributed by atoms with Gasteiger partial charge in [-0.3, -0.25) is 0 Å². The SMILES string of the molecule is CCC(NN1CCOCC1)c1ccc(Cl)cc1Cl. The van der Waals surface area contributed by atoms with Gasteiger partial charge < -0.3 is 4.74 Å². The monoisotopic (exact) mass is 288 g/mol. The van der Waals surface area contributed by atoms with Gasteiger partial charge in [-0.2, -0.15) is 0 Å². The quantitative estimate of drug-likeness (QED) is 0.920. The van der Waals surface area contributed by atoms with Crippen molar-refractivity contribution in [1.29, 1.82) is 0 Å². The largest absolute Gasteiger partial charge is 0.379 e. The highest BCUT2D eigenvalue weighted by Gasteiger charge is 2.18. The molecule has 1 unspecified atom stereocenters. The molecular formula is C13H18Cl2N2O. The molecule has 1 aliphatic rings. The van der Waals surface area contributed by atoms with Crippen LogP contribution in [0.1, 0.15) is 24.9 Å². The van der Waals surface area contributed by atoms with E-state index in [1.807, 2.05) is 12.1 Å². The first kappa shape index (κ1) is 14.1. The molecule has 1 aliphatic heterocycles. The Bertz CT molecular complexity index is 395. The van der Waals surface area contributed by atoms with Crippen molar-refractivity contribution >= 4 is 23.2 Å². The van der Waals surface area contributed by atoms with Gasteiger partial charge in [0.05, 0.1) is 13.2 Å². The number of hydrogen-bond donors (Lipinski definition) is 1. The van der Waals surface area contributed by atoms with Gasteiger partial charge in [-0.1, -0.05) is 36.2 Å². The molecule has 0 amide bonds. The highest BCUT2D eigenvalue weighted by atomic mass is 35.5. The lowest BCUT2D eigenvalue weighted by atomic mass is 10.1. The highest BCUT2D eigenvalue weighted by Crippen LogP contribution is 2.28. The number of morpholine rings is 1. The molecule has 1 heterocycles. The molecule has 0 bridgehead atoms. The van der Waals surface area contributed by atoms with Crippen molar-refractivity contribution in [3.8, 4) is 0 Å². The fraction of sp³-hybridized carbons (Fsp3) is 0.538. The highest BCUT2D eigenvalue weighted by molar-refractivity contribution is 6.35. The van der Waals surface area contributed by atoms with Gasteiger partial charge in [0, 0.05) is 29.2 Å². The molecule has 2 rings (SSSR count). The van der Waals surface area contributed by atoms with Crippen molar-refractivity contribution in [3.05, 3.63) is 33.8 Å². The second-order valence-corrected chi connectivity index (χ2v) is 5.20. The Morgan fingerprint density at radius 3 is 2.67 bits per heavy atom. The number of halogens is 2. The molecular weight excluding hydrogens is 271 g/mol. The zero-order valence-corrected chi connectivity index (χ0v) is 12.0. The van der Waals surface area contributed by atoms with Crippen LogP contribution in [0.2, 0.25) is 10.0 Å². The fourth-order valence-corrected chi connectivity index (χ4v) is 2.62. The summed E-state index contributed by atoms with van der Waals surface area (Å²) in [6.45, 7) is 5.50. The Morgan fingerprint density at radius 1 is 1.33 bits per heavy atom. The number of benzene rings is 1. The van der Waals surface area contributed by atoms with Crippen LogP contribution in [0.15, 0.2) is 18.2 Å². The van der Waals surface area contributed by atoms with Gasteiger partial charge in [0.15, 0.2) is 0 Å². The third-order valence-electron chi connectivity index (χ3n) is 3.10. The smallest absolute Gasteiger partial charge is 0.0608 e. The van der Waals surface area contributed by atoms with Crippen molar-refractivity contribution in [2.24, 2.45) is 0 Å². The van der Waals surface area contributed by atoms with Crippen LogP contribution in [0.5, 0.6) is 0 Å². The first-order valence-electron chi connectivity index (χ1n) is 6.24. The minimum Gasteiger partial charge on any atom is -0.379 e. The second-order valence-electron chi connectivity index (χ2n) is 4.36. The van der Waals surface area contributed by atoms with E-state index < -0.39 is 0 Å². The van der Waals surface area contributed by atoms with Crippen molar-refractivity contribution < 1.29 is 4.74 Å². The molecule has 3 nitrogen and oxygen atoms in total. The van der Waals surface area contributed by atoms with E-state index in [1.54, 1.807) is 6.07 Å². The van der Waals surface area contributed by atoms with Crippen LogP contribution in [0, 0.1) is 0 Å². The Morgan fingerprint density at radius 2 is 2.06 bits per heavy atom. The molecule has 1 fully saturated rings. The van der Waals surface area contributed by atoms with E-state index in [-0.39, 0.29) is 6.04 Å². The number of hydrogen-bond acceptors (Lipinski definition) is 3. The Balaban J connectivity index is 2.07. The van der Waals surface area contributed by atoms with Gasteiger partial charge in [-0.25, -0.2) is 10.4 Å². The standard InChI is InChI=1S/C13H18Cl2N2O/c1-2-13(16-17-5-7-18-8-6-17)11-4-3-10(14)9-12(11)15/h3-4,9,13,16H,2,5-8H2,1H3. The molecule has 0 aliphatic carbocycles. The van der Waals surface area contributed by atoms with Crippen LogP contribution in [0.25, 0.3) is 0 Å². The van der Waals surface area contributed by atoms with Gasteiger partial charge in [-0.15, -0.1) is 0 Å². The first-order valence-corrected chi connectivity index (χ1v) is 7.00. The average Bonchev–Trinajstić information content (AvgIpc) is 2.38. The third-order valence-corrected chi connectivity index (χ3v) is 3.66. The molecule has 5 heteroatoms. The average molecular weight is 289 g/mol. The van der Waals surface area contributed by atoms with E-state index in [0.717, 1.165) is 43.3 Å². The summed E-state index contributed by atoms with van der Waals surface area (Å²) in [4.78, 5) is 0. The van der Waals surface area contributed by atoms with Gasteiger partial charge in [-0.05, 0) is 24.1 Å². The topological polar surface area (TPSA) is 24.5 Å². The predicted octanol–water partition coefficient (Wildman–Crippen LogP) is 3.28. The molecule has 0 aromatic heterocycles. The van der Waals surface area contributed by atoms with E-state index >= 15 is 0 Å². The van der Waals surface area contributed by atoms with E-state index in [1.165, 1.54) is 0 Å². The summed E-state index contributed by atoms with van der Waals surface area (Å²) in [5, 5.41) is 3.59. The zero-order valence-electron chi connectivity index (χ0n) is 10.5. The minimum atomic E-state index is 0.216. The number of ether oxygens (including phenoxy) is 1. The van der Waals surface area contributed by atoms with Gasteiger partial charge in [0.25, 0.3) is 0 Å². The molecule has 1 aromatic carbocycles. The number of nitrogens with one attached hydrogen (secondary N) is 1. The van der Waals surface area contributed by atoms with Crippen molar-refractivity contribution in [2.45, 2.75) is 19.4 Å². The summed E-state index contributed by atoms with van der Waals surface area (Å²) in [6, 6.07) is 5.88. The molecule has 18 heavy (non-hydrogen) atoms. The summed E-state index contributed by atoms with van der Waals surface area (Å²) in [7, 11) is 0. The molecule has 1 atom stereocenters. The van der Waals surface area contributed by atoms with Crippen LogP contribution in [-0.4, -0.2) is 31.3 Å². The summed E-state index contributed by atoms with van der Waals surface area (Å²) in [5.74, 6) is 0. The van der Waals surface area contributed by atoms with Crippen molar-refractivity contribution in [3.63, 3.8) is 0 Å². The molecule has 0 saturated carbocycles. The maximum Gasteiger partial charge on any atom is 0.0608 e. The summed E-state index contributed by atoms with van der Waals surface area (Å²) in [5.41, 5.74) is 4.60. The Hall–Kier alpha value is -0.320. The number of rotatable bonds is 4. The van der Waals surface area contributed by atoms with E-state index in [4.69, 9.17) is 27.9 Å². The third kappa shape index (κ3) is 3.59. The zero-order chi connectivity index (χ0) is 13.0. The van der Waals surface area contributed by atoms with Crippen LogP contribution >= 0.6 is 23.2 Å². The van der Waals surface area contributed by atoms with Gasteiger partial charge in [0.1, 0.15) is 0 Å². The molecule has 0 spiro atoms. The number of hydrazine groups is 1. The van der Waals surface area contributed by atoms with E-state index in [9.17, 15) is 0 Å². The fourth-order valence-electron chi connectivity index (χ4n) is 2.08. The summed E-state index contributed by atoms with van der Waals surface area (Å²) < 4.78 is 5.33. The van der Waals surface area contributed by atoms with Crippen molar-refractivity contribution in [1.82, 2.24) is 10.4 Å². The molecule has 1 saturated heterocycles. The maximum atomic E-state index is 6.25. The lowest BCUT2D eigenvalue weighted by molar-refractivity contribution is 0.00300. The molecule has 100 valence electrons. The molecule has 1 N–H and O–H groups in total. The maximum absolute atomic E-state index is 6.25. The Kier molecular flexibility index (Phi) is 5.27. The predicted molar refractivity (Wildman–Crippen MR) is 75.0 cm³/mol. The minimum absolute atomic E-state index is 0.216. The van der Waals surface area contributed by atoms with E-state index in [0.29, 0.717) is 5.02 Å². The van der Waals surface area contributed by atoms with Gasteiger partial charge in [0.2, 0.25) is 0 Å². The summed E-state index contributed by atoms with van der Waals surface area (Å²) in [6.07, 6.45) is 0.971. The Labute approximate surface area is 118 Å².